The van der Waals surface area contributed by atoms with Gasteiger partial charge in [-0.1, -0.05) is 6.92 Å². The molecule has 0 spiro atoms. The third-order valence-corrected chi connectivity index (χ3v) is 2.99. The minimum absolute atomic E-state index is 0.0119. The summed E-state index contributed by atoms with van der Waals surface area (Å²) < 4.78 is 0. The molecule has 0 saturated carbocycles. The van der Waals surface area contributed by atoms with Crippen LogP contribution in [0.25, 0.3) is 0 Å². The zero-order chi connectivity index (χ0) is 13.7. The van der Waals surface area contributed by atoms with Gasteiger partial charge in [0.05, 0.1) is 17.0 Å². The lowest BCUT2D eigenvalue weighted by Crippen LogP contribution is -2.30. The van der Waals surface area contributed by atoms with Crippen molar-refractivity contribution < 1.29 is 4.79 Å². The summed E-state index contributed by atoms with van der Waals surface area (Å²) in [5, 5.41) is 8.13. The average Bonchev–Trinajstić information content (AvgIpc) is 2.34. The van der Waals surface area contributed by atoms with E-state index >= 15 is 0 Å². The highest BCUT2D eigenvalue weighted by molar-refractivity contribution is 6.20. The molecule has 0 fully saturated rings. The second-order valence-corrected chi connectivity index (χ2v) is 5.24. The van der Waals surface area contributed by atoms with E-state index in [1.54, 1.807) is 18.0 Å². The van der Waals surface area contributed by atoms with Gasteiger partial charge in [-0.25, -0.2) is 0 Å². The van der Waals surface area contributed by atoms with Crippen LogP contribution in [0.5, 0.6) is 0 Å². The van der Waals surface area contributed by atoms with Gasteiger partial charge in [0.1, 0.15) is 0 Å². The van der Waals surface area contributed by atoms with Crippen LogP contribution >= 0.6 is 11.6 Å². The van der Waals surface area contributed by atoms with E-state index < -0.39 is 0 Å². The number of rotatable bonds is 5. The van der Waals surface area contributed by atoms with E-state index in [4.69, 9.17) is 11.6 Å². The predicted molar refractivity (Wildman–Crippen MR) is 73.0 cm³/mol. The molecule has 1 amide bonds. The average molecular weight is 270 g/mol. The van der Waals surface area contributed by atoms with Gasteiger partial charge in [-0.3, -0.25) is 4.79 Å². The van der Waals surface area contributed by atoms with Crippen molar-refractivity contribution in [1.29, 1.82) is 0 Å². The fourth-order valence-corrected chi connectivity index (χ4v) is 1.74. The van der Waals surface area contributed by atoms with Crippen molar-refractivity contribution in [3.63, 3.8) is 0 Å². The number of amides is 1. The molecule has 1 unspecified atom stereocenters. The number of carbonyl (C=O) groups is 1. The van der Waals surface area contributed by atoms with Gasteiger partial charge < -0.3 is 4.90 Å². The van der Waals surface area contributed by atoms with E-state index in [2.05, 4.69) is 10.2 Å². The summed E-state index contributed by atoms with van der Waals surface area (Å²) >= 11 is 5.90. The van der Waals surface area contributed by atoms with Gasteiger partial charge >= 0.3 is 0 Å². The van der Waals surface area contributed by atoms with E-state index in [1.807, 2.05) is 20.8 Å². The molecule has 0 N–H and O–H groups in total. The normalized spacial score (nSPS) is 12.3. The summed E-state index contributed by atoms with van der Waals surface area (Å²) in [5.41, 5.74) is 2.15. The molecule has 0 aliphatic rings. The molecule has 0 aliphatic carbocycles. The van der Waals surface area contributed by atoms with E-state index in [0.717, 1.165) is 17.8 Å². The van der Waals surface area contributed by atoms with Crippen molar-refractivity contribution in [1.82, 2.24) is 15.1 Å². The van der Waals surface area contributed by atoms with Crippen LogP contribution in [-0.2, 0) is 6.42 Å². The van der Waals surface area contributed by atoms with E-state index in [1.165, 1.54) is 0 Å². The monoisotopic (exact) mass is 269 g/mol. The molecule has 0 saturated heterocycles. The molecule has 0 radical (unpaired) electrons. The molecular weight excluding hydrogens is 250 g/mol. The van der Waals surface area contributed by atoms with Crippen LogP contribution in [0.4, 0.5) is 0 Å². The van der Waals surface area contributed by atoms with Gasteiger partial charge in [-0.2, -0.15) is 10.2 Å². The van der Waals surface area contributed by atoms with Crippen LogP contribution in [0, 0.1) is 6.92 Å². The van der Waals surface area contributed by atoms with E-state index in [9.17, 15) is 4.79 Å². The Bertz CT molecular complexity index is 421. The van der Waals surface area contributed by atoms with Crippen molar-refractivity contribution in [2.75, 3.05) is 13.6 Å². The van der Waals surface area contributed by atoms with Gasteiger partial charge in [0.15, 0.2) is 0 Å². The Morgan fingerprint density at radius 1 is 1.50 bits per heavy atom. The zero-order valence-corrected chi connectivity index (χ0v) is 12.2. The fourth-order valence-electron chi connectivity index (χ4n) is 1.64. The largest absolute Gasteiger partial charge is 0.342 e. The zero-order valence-electron chi connectivity index (χ0n) is 11.4. The quantitative estimate of drug-likeness (QED) is 0.772. The lowest BCUT2D eigenvalue weighted by molar-refractivity contribution is 0.0791. The maximum atomic E-state index is 12.3. The highest BCUT2D eigenvalue weighted by Crippen LogP contribution is 2.11. The molecule has 1 rings (SSSR count). The Hall–Kier alpha value is -1.16. The fraction of sp³-hybridized carbons (Fsp3) is 0.615. The second kappa shape index (κ2) is 6.69. The summed E-state index contributed by atoms with van der Waals surface area (Å²) in [6.07, 6.45) is 1.48. The number of aryl methyl sites for hydroxylation is 2. The van der Waals surface area contributed by atoms with Crippen LogP contribution in [0.1, 0.15) is 42.0 Å². The van der Waals surface area contributed by atoms with Gasteiger partial charge in [-0.05, 0) is 32.8 Å². The smallest absolute Gasteiger partial charge is 0.255 e. The van der Waals surface area contributed by atoms with E-state index in [0.29, 0.717) is 18.5 Å². The highest BCUT2D eigenvalue weighted by atomic mass is 35.5. The van der Waals surface area contributed by atoms with Crippen molar-refractivity contribution in [3.05, 3.63) is 23.0 Å². The molecule has 4 nitrogen and oxygen atoms in total. The van der Waals surface area contributed by atoms with Crippen molar-refractivity contribution in [2.45, 2.75) is 39.0 Å². The van der Waals surface area contributed by atoms with Crippen LogP contribution in [0.2, 0.25) is 0 Å². The first-order chi connectivity index (χ1) is 8.45. The minimum atomic E-state index is -0.0119. The molecule has 1 heterocycles. The highest BCUT2D eigenvalue weighted by Gasteiger charge is 2.17. The lowest BCUT2D eigenvalue weighted by atomic mass is 10.1. The molecule has 0 aliphatic heterocycles. The molecule has 0 aromatic carbocycles. The standard InChI is InChI=1S/C13H20ClN3O/c1-5-12-11(8-10(3)15-16-12)13(18)17(4)7-6-9(2)14/h8-9H,5-7H2,1-4H3. The third-order valence-electron chi connectivity index (χ3n) is 2.77. The maximum absolute atomic E-state index is 12.3. The molecular formula is C13H20ClN3O. The molecule has 1 aromatic heterocycles. The lowest BCUT2D eigenvalue weighted by Gasteiger charge is -2.19. The Morgan fingerprint density at radius 3 is 2.72 bits per heavy atom. The number of alkyl halides is 1. The summed E-state index contributed by atoms with van der Waals surface area (Å²) in [7, 11) is 1.79. The minimum Gasteiger partial charge on any atom is -0.342 e. The summed E-state index contributed by atoms with van der Waals surface area (Å²) in [6, 6.07) is 1.80. The molecule has 0 bridgehead atoms. The van der Waals surface area contributed by atoms with E-state index in [-0.39, 0.29) is 11.3 Å². The molecule has 100 valence electrons. The second-order valence-electron chi connectivity index (χ2n) is 4.50. The topological polar surface area (TPSA) is 46.1 Å². The number of nitrogens with zero attached hydrogens (tertiary/aromatic N) is 3. The van der Waals surface area contributed by atoms with Crippen molar-refractivity contribution in [3.8, 4) is 0 Å². The first-order valence-corrected chi connectivity index (χ1v) is 6.62. The van der Waals surface area contributed by atoms with Crippen molar-refractivity contribution >= 4 is 17.5 Å². The van der Waals surface area contributed by atoms with Gasteiger partial charge in [0.2, 0.25) is 0 Å². The number of aromatic nitrogens is 2. The van der Waals surface area contributed by atoms with Crippen LogP contribution < -0.4 is 0 Å². The molecule has 18 heavy (non-hydrogen) atoms. The van der Waals surface area contributed by atoms with Gasteiger partial charge in [-0.15, -0.1) is 11.6 Å². The summed E-state index contributed by atoms with van der Waals surface area (Å²) in [4.78, 5) is 14.0. The SMILES string of the molecule is CCc1nnc(C)cc1C(=O)N(C)CCC(C)Cl. The van der Waals surface area contributed by atoms with Crippen LogP contribution in [0.15, 0.2) is 6.07 Å². The first kappa shape index (κ1) is 14.9. The maximum Gasteiger partial charge on any atom is 0.255 e. The summed E-state index contributed by atoms with van der Waals surface area (Å²) in [5.74, 6) is -0.0119. The first-order valence-electron chi connectivity index (χ1n) is 6.18. The number of hydrogen-bond acceptors (Lipinski definition) is 3. The van der Waals surface area contributed by atoms with Crippen molar-refractivity contribution in [2.24, 2.45) is 0 Å². The van der Waals surface area contributed by atoms with Gasteiger partial charge in [0, 0.05) is 19.0 Å². The molecule has 1 aromatic rings. The number of hydrogen-bond donors (Lipinski definition) is 0. The van der Waals surface area contributed by atoms with Crippen LogP contribution in [0.3, 0.4) is 0 Å². The Morgan fingerprint density at radius 2 is 2.17 bits per heavy atom. The molecule has 5 heteroatoms. The third kappa shape index (κ3) is 3.95. The number of carbonyl (C=O) groups excluding carboxylic acids is 1. The molecule has 1 atom stereocenters. The Balaban J connectivity index is 2.85. The Labute approximate surface area is 113 Å². The number of halogens is 1. The van der Waals surface area contributed by atoms with Crippen LogP contribution in [-0.4, -0.2) is 40.0 Å². The summed E-state index contributed by atoms with van der Waals surface area (Å²) in [6.45, 7) is 6.38. The Kier molecular flexibility index (Phi) is 5.54. The van der Waals surface area contributed by atoms with Gasteiger partial charge in [0.25, 0.3) is 5.91 Å². The predicted octanol–water partition coefficient (Wildman–Crippen LogP) is 2.44.